The molecule has 0 saturated heterocycles. The summed E-state index contributed by atoms with van der Waals surface area (Å²) in [5, 5.41) is 13.8. The van der Waals surface area contributed by atoms with Crippen LogP contribution in [0.4, 0.5) is 5.13 Å². The van der Waals surface area contributed by atoms with Gasteiger partial charge in [0.1, 0.15) is 5.75 Å². The number of carbonyl (C=O) groups excluding carboxylic acids is 1. The second-order valence-corrected chi connectivity index (χ2v) is 5.40. The van der Waals surface area contributed by atoms with Gasteiger partial charge in [0.15, 0.2) is 16.2 Å². The number of aromatic hydroxyl groups is 1. The quantitative estimate of drug-likeness (QED) is 0.748. The second kappa shape index (κ2) is 5.91. The van der Waals surface area contributed by atoms with Gasteiger partial charge in [0, 0.05) is 10.9 Å². The van der Waals surface area contributed by atoms with Gasteiger partial charge in [-0.15, -0.1) is 11.3 Å². The molecule has 0 aliphatic heterocycles. The fourth-order valence-electron chi connectivity index (χ4n) is 1.37. The van der Waals surface area contributed by atoms with E-state index >= 15 is 0 Å². The monoisotopic (exact) mass is 298 g/mol. The zero-order valence-corrected chi connectivity index (χ0v) is 11.2. The summed E-state index contributed by atoms with van der Waals surface area (Å²) >= 11 is -0.789. The van der Waals surface area contributed by atoms with Crippen molar-refractivity contribution < 1.29 is 18.7 Å². The number of nitrogens with zero attached hydrogens (tertiary/aromatic N) is 1. The molecule has 0 spiro atoms. The highest BCUT2D eigenvalue weighted by Gasteiger charge is 2.10. The lowest BCUT2D eigenvalue weighted by molar-refractivity contribution is 0.102. The minimum absolute atomic E-state index is 0.00292. The van der Waals surface area contributed by atoms with Gasteiger partial charge in [-0.3, -0.25) is 10.1 Å². The van der Waals surface area contributed by atoms with E-state index in [0.29, 0.717) is 16.4 Å². The minimum atomic E-state index is -1.96. The molecule has 1 aromatic carbocycles. The van der Waals surface area contributed by atoms with Crippen LogP contribution in [0.15, 0.2) is 29.6 Å². The highest BCUT2D eigenvalue weighted by atomic mass is 32.2. The summed E-state index contributed by atoms with van der Waals surface area (Å²) in [6.07, 6.45) is 0. The number of rotatable bonds is 4. The van der Waals surface area contributed by atoms with Crippen LogP contribution in [0.1, 0.15) is 16.1 Å². The van der Waals surface area contributed by atoms with Crippen molar-refractivity contribution in [2.75, 3.05) is 5.32 Å². The van der Waals surface area contributed by atoms with E-state index in [1.54, 1.807) is 17.5 Å². The molecule has 1 amide bonds. The molecule has 19 heavy (non-hydrogen) atoms. The predicted octanol–water partition coefficient (Wildman–Crippen LogP) is 1.82. The van der Waals surface area contributed by atoms with E-state index in [1.165, 1.54) is 23.5 Å². The Morgan fingerprint density at radius 1 is 1.47 bits per heavy atom. The Balaban J connectivity index is 2.06. The molecule has 2 aromatic rings. The molecule has 2 rings (SSSR count). The van der Waals surface area contributed by atoms with E-state index in [9.17, 15) is 14.1 Å². The van der Waals surface area contributed by atoms with Crippen molar-refractivity contribution in [3.63, 3.8) is 0 Å². The number of nitrogens with one attached hydrogen (secondary N) is 1. The first-order valence-electron chi connectivity index (χ1n) is 5.17. The van der Waals surface area contributed by atoms with Gasteiger partial charge in [-0.1, -0.05) is 6.07 Å². The summed E-state index contributed by atoms with van der Waals surface area (Å²) in [6, 6.07) is 5.93. The third kappa shape index (κ3) is 3.85. The third-order valence-electron chi connectivity index (χ3n) is 2.15. The Kier molecular flexibility index (Phi) is 4.25. The zero-order valence-electron chi connectivity index (χ0n) is 9.57. The molecule has 100 valence electrons. The Labute approximate surface area is 115 Å². The predicted molar refractivity (Wildman–Crippen MR) is 72.6 cm³/mol. The Bertz CT molecular complexity index is 627. The van der Waals surface area contributed by atoms with Crippen LogP contribution < -0.4 is 5.32 Å². The van der Waals surface area contributed by atoms with Gasteiger partial charge in [-0.05, 0) is 18.2 Å². The number of aromatic nitrogens is 1. The average molecular weight is 298 g/mol. The fraction of sp³-hybridized carbons (Fsp3) is 0.0909. The maximum absolute atomic E-state index is 11.8. The van der Waals surface area contributed by atoms with Crippen molar-refractivity contribution in [2.45, 2.75) is 5.75 Å². The molecule has 0 saturated carbocycles. The van der Waals surface area contributed by atoms with Crippen LogP contribution >= 0.6 is 11.3 Å². The van der Waals surface area contributed by atoms with E-state index in [1.807, 2.05) is 0 Å². The van der Waals surface area contributed by atoms with Crippen molar-refractivity contribution >= 4 is 33.5 Å². The Hall–Kier alpha value is -1.77. The first-order valence-corrected chi connectivity index (χ1v) is 7.32. The number of carbonyl (C=O) groups is 1. The number of hydrogen-bond acceptors (Lipinski definition) is 5. The number of phenols is 1. The molecular formula is C11H10N2O4S2. The summed E-state index contributed by atoms with van der Waals surface area (Å²) in [4.78, 5) is 15.8. The SMILES string of the molecule is O=C(Nc1nc(CS(=O)O)cs1)c1cccc(O)c1. The highest BCUT2D eigenvalue weighted by Crippen LogP contribution is 2.18. The summed E-state index contributed by atoms with van der Waals surface area (Å²) < 4.78 is 19.3. The molecule has 8 heteroatoms. The average Bonchev–Trinajstić information content (AvgIpc) is 2.75. The van der Waals surface area contributed by atoms with E-state index in [2.05, 4.69) is 10.3 Å². The van der Waals surface area contributed by atoms with Gasteiger partial charge in [0.25, 0.3) is 5.91 Å². The Morgan fingerprint density at radius 2 is 2.26 bits per heavy atom. The van der Waals surface area contributed by atoms with Gasteiger partial charge in [0.05, 0.1) is 11.4 Å². The minimum Gasteiger partial charge on any atom is -0.508 e. The highest BCUT2D eigenvalue weighted by molar-refractivity contribution is 7.78. The summed E-state index contributed by atoms with van der Waals surface area (Å²) in [6.45, 7) is 0. The molecule has 0 radical (unpaired) electrons. The lowest BCUT2D eigenvalue weighted by Crippen LogP contribution is -2.11. The van der Waals surface area contributed by atoms with Crippen LogP contribution in [0.3, 0.4) is 0 Å². The molecule has 1 unspecified atom stereocenters. The molecule has 0 bridgehead atoms. The normalized spacial score (nSPS) is 12.1. The van der Waals surface area contributed by atoms with Crippen molar-refractivity contribution in [2.24, 2.45) is 0 Å². The smallest absolute Gasteiger partial charge is 0.257 e. The Morgan fingerprint density at radius 3 is 2.95 bits per heavy atom. The number of thiazole rings is 1. The van der Waals surface area contributed by atoms with E-state index in [-0.39, 0.29) is 11.5 Å². The van der Waals surface area contributed by atoms with Crippen molar-refractivity contribution in [1.29, 1.82) is 0 Å². The topological polar surface area (TPSA) is 99.5 Å². The van der Waals surface area contributed by atoms with E-state index in [0.717, 1.165) is 0 Å². The van der Waals surface area contributed by atoms with Gasteiger partial charge < -0.3 is 9.66 Å². The summed E-state index contributed by atoms with van der Waals surface area (Å²) in [5.74, 6) is -0.469. The summed E-state index contributed by atoms with van der Waals surface area (Å²) in [5.41, 5.74) is 0.750. The second-order valence-electron chi connectivity index (χ2n) is 3.61. The maximum Gasteiger partial charge on any atom is 0.257 e. The fourth-order valence-corrected chi connectivity index (χ4v) is 2.59. The number of amides is 1. The van der Waals surface area contributed by atoms with Crippen molar-refractivity contribution in [3.8, 4) is 5.75 Å². The van der Waals surface area contributed by atoms with Crippen LogP contribution in [0.5, 0.6) is 5.75 Å². The molecule has 1 heterocycles. The first-order chi connectivity index (χ1) is 9.04. The van der Waals surface area contributed by atoms with Crippen LogP contribution in [-0.2, 0) is 16.8 Å². The lowest BCUT2D eigenvalue weighted by atomic mass is 10.2. The van der Waals surface area contributed by atoms with Crippen molar-refractivity contribution in [3.05, 3.63) is 40.9 Å². The van der Waals surface area contributed by atoms with Crippen LogP contribution in [0.2, 0.25) is 0 Å². The van der Waals surface area contributed by atoms with Crippen LogP contribution in [-0.4, -0.2) is 24.8 Å². The molecule has 3 N–H and O–H groups in total. The third-order valence-corrected chi connectivity index (χ3v) is 3.50. The number of hydrogen-bond donors (Lipinski definition) is 3. The molecule has 1 aromatic heterocycles. The molecule has 1 atom stereocenters. The summed E-state index contributed by atoms with van der Waals surface area (Å²) in [7, 11) is 0. The zero-order chi connectivity index (χ0) is 13.8. The molecular weight excluding hydrogens is 288 g/mol. The van der Waals surface area contributed by atoms with Gasteiger partial charge in [0.2, 0.25) is 0 Å². The molecule has 6 nitrogen and oxygen atoms in total. The number of phenolic OH excluding ortho intramolecular Hbond substituents is 1. The van der Waals surface area contributed by atoms with Gasteiger partial charge >= 0.3 is 0 Å². The van der Waals surface area contributed by atoms with Crippen LogP contribution in [0.25, 0.3) is 0 Å². The molecule has 0 fully saturated rings. The molecule has 0 aliphatic carbocycles. The largest absolute Gasteiger partial charge is 0.508 e. The van der Waals surface area contributed by atoms with Crippen LogP contribution in [0, 0.1) is 0 Å². The maximum atomic E-state index is 11.8. The lowest BCUT2D eigenvalue weighted by Gasteiger charge is -2.01. The van der Waals surface area contributed by atoms with E-state index < -0.39 is 17.0 Å². The number of anilines is 1. The van der Waals surface area contributed by atoms with Crippen molar-refractivity contribution in [1.82, 2.24) is 4.98 Å². The number of benzene rings is 1. The van der Waals surface area contributed by atoms with Gasteiger partial charge in [-0.25, -0.2) is 9.19 Å². The standard InChI is InChI=1S/C11H10N2O4S2/c14-9-3-1-2-7(4-9)10(15)13-11-12-8(5-18-11)6-19(16)17/h1-5,14H,6H2,(H,16,17)(H,12,13,15). The van der Waals surface area contributed by atoms with E-state index in [4.69, 9.17) is 4.55 Å². The first kappa shape index (κ1) is 13.7. The molecule has 0 aliphatic rings. The van der Waals surface area contributed by atoms with Gasteiger partial charge in [-0.2, -0.15) is 0 Å².